The molecule has 0 spiro atoms. The summed E-state index contributed by atoms with van der Waals surface area (Å²) in [6.45, 7) is 0. The van der Waals surface area contributed by atoms with Crippen molar-refractivity contribution in [3.63, 3.8) is 0 Å². The predicted molar refractivity (Wildman–Crippen MR) is 71.4 cm³/mol. The maximum atomic E-state index is 4.76. The molecule has 0 saturated heterocycles. The molecule has 1 aromatic rings. The average Bonchev–Trinajstić information content (AvgIpc) is 2.37. The summed E-state index contributed by atoms with van der Waals surface area (Å²) in [6, 6.07) is 2.16. The quantitative estimate of drug-likeness (QED) is 0.867. The van der Waals surface area contributed by atoms with Gasteiger partial charge in [0, 0.05) is 18.7 Å². The first kappa shape index (κ1) is 10.8. The van der Waals surface area contributed by atoms with E-state index in [1.807, 2.05) is 13.2 Å². The molecule has 3 nitrogen and oxygen atoms in total. The fourth-order valence-corrected chi connectivity index (χ4v) is 5.20. The van der Waals surface area contributed by atoms with Gasteiger partial charge >= 0.3 is 0 Å². The number of anilines is 1. The lowest BCUT2D eigenvalue weighted by molar-refractivity contribution is -0.00719. The number of nitrogens with one attached hydrogen (secondary N) is 1. The number of aromatic nitrogens is 2. The van der Waals surface area contributed by atoms with Gasteiger partial charge in [0.1, 0.15) is 0 Å². The monoisotopic (exact) mass is 243 g/mol. The lowest BCUT2D eigenvalue weighted by atomic mass is 9.49. The van der Waals surface area contributed by atoms with E-state index < -0.39 is 0 Å². The second-order valence-corrected chi connectivity index (χ2v) is 6.71. The second kappa shape index (κ2) is 3.69. The molecule has 0 radical (unpaired) electrons. The van der Waals surface area contributed by atoms with Crippen molar-refractivity contribution in [3.05, 3.63) is 18.0 Å². The van der Waals surface area contributed by atoms with Gasteiger partial charge in [0.05, 0.1) is 5.69 Å². The molecule has 4 saturated carbocycles. The van der Waals surface area contributed by atoms with E-state index >= 15 is 0 Å². The van der Waals surface area contributed by atoms with Crippen molar-refractivity contribution in [1.82, 2.24) is 9.97 Å². The van der Waals surface area contributed by atoms with E-state index in [4.69, 9.17) is 4.98 Å². The van der Waals surface area contributed by atoms with Crippen LogP contribution in [-0.4, -0.2) is 17.0 Å². The molecule has 0 aromatic carbocycles. The summed E-state index contributed by atoms with van der Waals surface area (Å²) in [5.41, 5.74) is 1.70. The van der Waals surface area contributed by atoms with Gasteiger partial charge in [-0.3, -0.25) is 0 Å². The third kappa shape index (κ3) is 1.49. The summed E-state index contributed by atoms with van der Waals surface area (Å²) in [5.74, 6) is 3.71. The summed E-state index contributed by atoms with van der Waals surface area (Å²) in [6.07, 6.45) is 10.5. The van der Waals surface area contributed by atoms with Gasteiger partial charge in [-0.2, -0.15) is 0 Å². The van der Waals surface area contributed by atoms with Crippen molar-refractivity contribution in [2.75, 3.05) is 12.4 Å². The summed E-state index contributed by atoms with van der Waals surface area (Å²) < 4.78 is 0. The SMILES string of the molecule is CNc1nccc(C23CC4CC(CC(C4)C2)C3)n1. The third-order valence-corrected chi connectivity index (χ3v) is 5.46. The Morgan fingerprint density at radius 2 is 1.72 bits per heavy atom. The minimum Gasteiger partial charge on any atom is -0.357 e. The van der Waals surface area contributed by atoms with E-state index in [2.05, 4.69) is 16.4 Å². The minimum absolute atomic E-state index is 0.392. The topological polar surface area (TPSA) is 37.8 Å². The van der Waals surface area contributed by atoms with Gasteiger partial charge in [-0.1, -0.05) is 0 Å². The molecular formula is C15H21N3. The van der Waals surface area contributed by atoms with Gasteiger partial charge in [0.15, 0.2) is 0 Å². The Bertz CT molecular complexity index is 433. The Hall–Kier alpha value is -1.12. The molecule has 5 rings (SSSR count). The summed E-state index contributed by atoms with van der Waals surface area (Å²) in [7, 11) is 1.90. The highest BCUT2D eigenvalue weighted by Crippen LogP contribution is 2.60. The molecule has 0 aliphatic heterocycles. The van der Waals surface area contributed by atoms with Gasteiger partial charge in [0.2, 0.25) is 5.95 Å². The minimum atomic E-state index is 0.392. The van der Waals surface area contributed by atoms with Crippen LogP contribution < -0.4 is 5.32 Å². The van der Waals surface area contributed by atoms with E-state index in [0.29, 0.717) is 5.41 Å². The lowest BCUT2D eigenvalue weighted by Crippen LogP contribution is -2.49. The van der Waals surface area contributed by atoms with E-state index in [-0.39, 0.29) is 0 Å². The first-order chi connectivity index (χ1) is 8.77. The highest BCUT2D eigenvalue weighted by atomic mass is 15.1. The zero-order valence-corrected chi connectivity index (χ0v) is 11.0. The molecule has 4 fully saturated rings. The van der Waals surface area contributed by atoms with E-state index in [1.165, 1.54) is 44.2 Å². The Balaban J connectivity index is 1.74. The first-order valence-corrected chi connectivity index (χ1v) is 7.29. The molecule has 1 heterocycles. The molecule has 3 heteroatoms. The fraction of sp³-hybridized carbons (Fsp3) is 0.733. The average molecular weight is 243 g/mol. The molecular weight excluding hydrogens is 222 g/mol. The molecule has 4 aliphatic carbocycles. The van der Waals surface area contributed by atoms with Crippen LogP contribution in [-0.2, 0) is 5.41 Å². The van der Waals surface area contributed by atoms with Crippen LogP contribution in [0.5, 0.6) is 0 Å². The normalized spacial score (nSPS) is 41.1. The van der Waals surface area contributed by atoms with Gasteiger partial charge in [0.25, 0.3) is 0 Å². The van der Waals surface area contributed by atoms with Crippen molar-refractivity contribution in [2.24, 2.45) is 17.8 Å². The van der Waals surface area contributed by atoms with Gasteiger partial charge in [-0.05, 0) is 62.3 Å². The second-order valence-electron chi connectivity index (χ2n) is 6.71. The van der Waals surface area contributed by atoms with Crippen molar-refractivity contribution in [2.45, 2.75) is 43.9 Å². The maximum Gasteiger partial charge on any atom is 0.222 e. The van der Waals surface area contributed by atoms with Crippen LogP contribution in [0.2, 0.25) is 0 Å². The largest absolute Gasteiger partial charge is 0.357 e. The number of hydrogen-bond donors (Lipinski definition) is 1. The van der Waals surface area contributed by atoms with Crippen molar-refractivity contribution in [3.8, 4) is 0 Å². The van der Waals surface area contributed by atoms with E-state index in [1.54, 1.807) is 0 Å². The molecule has 0 atom stereocenters. The van der Waals surface area contributed by atoms with Crippen LogP contribution in [0.25, 0.3) is 0 Å². The zero-order chi connectivity index (χ0) is 12.2. The molecule has 4 aliphatic rings. The summed E-state index contributed by atoms with van der Waals surface area (Å²) in [4.78, 5) is 9.02. The lowest BCUT2D eigenvalue weighted by Gasteiger charge is -2.56. The maximum absolute atomic E-state index is 4.76. The first-order valence-electron chi connectivity index (χ1n) is 7.29. The number of hydrogen-bond acceptors (Lipinski definition) is 3. The van der Waals surface area contributed by atoms with Crippen molar-refractivity contribution < 1.29 is 0 Å². The third-order valence-electron chi connectivity index (χ3n) is 5.46. The Morgan fingerprint density at radius 1 is 1.11 bits per heavy atom. The predicted octanol–water partition coefficient (Wildman–Crippen LogP) is 2.99. The Labute approximate surface area is 108 Å². The standard InChI is InChI=1S/C15H21N3/c1-16-14-17-3-2-13(18-14)15-7-10-4-11(8-15)6-12(5-10)9-15/h2-3,10-12H,4-9H2,1H3,(H,16,17,18). The van der Waals surface area contributed by atoms with Gasteiger partial charge in [-0.15, -0.1) is 0 Å². The molecule has 4 bridgehead atoms. The van der Waals surface area contributed by atoms with E-state index in [9.17, 15) is 0 Å². The van der Waals surface area contributed by atoms with Gasteiger partial charge < -0.3 is 5.32 Å². The molecule has 0 unspecified atom stereocenters. The fourth-order valence-electron chi connectivity index (χ4n) is 5.20. The summed E-state index contributed by atoms with van der Waals surface area (Å²) >= 11 is 0. The van der Waals surface area contributed by atoms with Crippen LogP contribution in [0.4, 0.5) is 5.95 Å². The van der Waals surface area contributed by atoms with Crippen molar-refractivity contribution >= 4 is 5.95 Å². The Kier molecular flexibility index (Phi) is 2.21. The number of nitrogens with zero attached hydrogens (tertiary/aromatic N) is 2. The smallest absolute Gasteiger partial charge is 0.222 e. The van der Waals surface area contributed by atoms with Crippen LogP contribution in [0, 0.1) is 17.8 Å². The van der Waals surface area contributed by atoms with Gasteiger partial charge in [-0.25, -0.2) is 9.97 Å². The van der Waals surface area contributed by atoms with Crippen LogP contribution in [0.3, 0.4) is 0 Å². The van der Waals surface area contributed by atoms with Crippen molar-refractivity contribution in [1.29, 1.82) is 0 Å². The van der Waals surface area contributed by atoms with Crippen LogP contribution in [0.15, 0.2) is 12.3 Å². The molecule has 18 heavy (non-hydrogen) atoms. The summed E-state index contributed by atoms with van der Waals surface area (Å²) in [5, 5.41) is 3.08. The molecule has 96 valence electrons. The van der Waals surface area contributed by atoms with Crippen LogP contribution >= 0.6 is 0 Å². The zero-order valence-electron chi connectivity index (χ0n) is 11.0. The molecule has 1 N–H and O–H groups in total. The highest BCUT2D eigenvalue weighted by molar-refractivity contribution is 5.29. The Morgan fingerprint density at radius 3 is 2.28 bits per heavy atom. The van der Waals surface area contributed by atoms with Crippen LogP contribution in [0.1, 0.15) is 44.2 Å². The molecule has 1 aromatic heterocycles. The highest BCUT2D eigenvalue weighted by Gasteiger charge is 2.52. The number of rotatable bonds is 2. The molecule has 0 amide bonds. The van der Waals surface area contributed by atoms with E-state index in [0.717, 1.165) is 23.7 Å².